The topological polar surface area (TPSA) is 29.5 Å². The molecule has 3 aliphatic rings. The number of hydrogen-bond acceptors (Lipinski definition) is 2. The smallest absolute Gasteiger partial charge is 0.0754 e. The van der Waals surface area contributed by atoms with Gasteiger partial charge in [0, 0.05) is 0 Å². The van der Waals surface area contributed by atoms with E-state index in [-0.39, 0.29) is 17.3 Å². The molecule has 0 aromatic heterocycles. The maximum Gasteiger partial charge on any atom is 0.0754 e. The van der Waals surface area contributed by atoms with E-state index >= 15 is 0 Å². The van der Waals surface area contributed by atoms with Gasteiger partial charge < -0.3 is 9.84 Å². The van der Waals surface area contributed by atoms with Crippen LogP contribution < -0.4 is 0 Å². The van der Waals surface area contributed by atoms with Crippen LogP contribution in [0.3, 0.4) is 0 Å². The van der Waals surface area contributed by atoms with Crippen molar-refractivity contribution in [3.63, 3.8) is 0 Å². The summed E-state index contributed by atoms with van der Waals surface area (Å²) in [7, 11) is 0. The summed E-state index contributed by atoms with van der Waals surface area (Å²) in [4.78, 5) is 0. The fourth-order valence-corrected chi connectivity index (χ4v) is 5.56. The lowest BCUT2D eigenvalue weighted by Gasteiger charge is -2.36. The van der Waals surface area contributed by atoms with Gasteiger partial charge in [0.05, 0.1) is 17.3 Å². The van der Waals surface area contributed by atoms with Gasteiger partial charge in [-0.05, 0) is 83.0 Å². The van der Waals surface area contributed by atoms with Crippen molar-refractivity contribution >= 4 is 0 Å². The van der Waals surface area contributed by atoms with E-state index in [1.54, 1.807) is 0 Å². The van der Waals surface area contributed by atoms with E-state index in [1.807, 2.05) is 0 Å². The molecule has 0 spiro atoms. The third-order valence-electron chi connectivity index (χ3n) is 7.37. The number of aliphatic hydroxyl groups excluding tert-OH is 1. The van der Waals surface area contributed by atoms with Crippen LogP contribution in [0.1, 0.15) is 73.1 Å². The molecular weight excluding hydrogens is 272 g/mol. The van der Waals surface area contributed by atoms with E-state index < -0.39 is 0 Å². The minimum absolute atomic E-state index is 0.107. The number of ether oxygens (including phenoxy) is 1. The summed E-state index contributed by atoms with van der Waals surface area (Å²) in [5.74, 6) is 2.40. The quantitative estimate of drug-likeness (QED) is 0.762. The first kappa shape index (κ1) is 16.5. The Balaban J connectivity index is 1.59. The minimum atomic E-state index is -0.231. The summed E-state index contributed by atoms with van der Waals surface area (Å²) in [5, 5.41) is 10.3. The molecular formula is C20H34O2. The first-order valence-electron chi connectivity index (χ1n) is 9.31. The van der Waals surface area contributed by atoms with Crippen molar-refractivity contribution in [3.05, 3.63) is 11.6 Å². The van der Waals surface area contributed by atoms with Crippen molar-refractivity contribution in [2.75, 3.05) is 0 Å². The van der Waals surface area contributed by atoms with Gasteiger partial charge in [-0.25, -0.2) is 0 Å². The predicted octanol–water partition coefficient (Wildman–Crippen LogP) is 4.71. The molecule has 2 saturated heterocycles. The molecule has 1 aliphatic carbocycles. The summed E-state index contributed by atoms with van der Waals surface area (Å²) in [6, 6.07) is 0. The Morgan fingerprint density at radius 2 is 2.00 bits per heavy atom. The summed E-state index contributed by atoms with van der Waals surface area (Å²) >= 11 is 0. The molecule has 0 aromatic rings. The maximum absolute atomic E-state index is 10.3. The van der Waals surface area contributed by atoms with Gasteiger partial charge in [0.15, 0.2) is 0 Å². The third kappa shape index (κ3) is 2.67. The van der Waals surface area contributed by atoms with Crippen LogP contribution in [0.4, 0.5) is 0 Å². The van der Waals surface area contributed by atoms with Crippen LogP contribution in [0.5, 0.6) is 0 Å². The van der Waals surface area contributed by atoms with Crippen molar-refractivity contribution < 1.29 is 9.84 Å². The van der Waals surface area contributed by atoms with Crippen molar-refractivity contribution in [2.45, 2.75) is 90.4 Å². The Kier molecular flexibility index (Phi) is 4.23. The summed E-state index contributed by atoms with van der Waals surface area (Å²) < 4.78 is 6.43. The monoisotopic (exact) mass is 306 g/mol. The Hall–Kier alpha value is -0.340. The maximum atomic E-state index is 10.3. The van der Waals surface area contributed by atoms with Crippen LogP contribution >= 0.6 is 0 Å². The minimum Gasteiger partial charge on any atom is -0.389 e. The van der Waals surface area contributed by atoms with Gasteiger partial charge in [0.25, 0.3) is 0 Å². The van der Waals surface area contributed by atoms with Gasteiger partial charge in [0.1, 0.15) is 0 Å². The Bertz CT molecular complexity index is 457. The first-order chi connectivity index (χ1) is 10.3. The summed E-state index contributed by atoms with van der Waals surface area (Å²) in [5.41, 5.74) is 1.58. The lowest BCUT2D eigenvalue weighted by atomic mass is 9.66. The molecule has 22 heavy (non-hydrogen) atoms. The SMILES string of the molecule is CC1=C[C@@H](O)[C@H]([C@H](C)CC[C@@H]2[C@@H](C)[C@]3(C)CC[C@@]2(C)O3)CC1. The second-order valence-electron chi connectivity index (χ2n) is 8.88. The molecule has 126 valence electrons. The van der Waals surface area contributed by atoms with Crippen LogP contribution in [0.25, 0.3) is 0 Å². The molecule has 2 nitrogen and oxygen atoms in total. The highest BCUT2D eigenvalue weighted by atomic mass is 16.5. The number of rotatable bonds is 4. The standard InChI is InChI=1S/C20H34O2/c1-13-6-8-16(18(21)12-13)14(2)7-9-17-15(3)19(4)10-11-20(17,5)22-19/h12,14-18,21H,6-11H2,1-5H3/t14-,15-,16+,17-,18-,19+,20-/m1/s1. The lowest BCUT2D eigenvalue weighted by Crippen LogP contribution is -2.37. The van der Waals surface area contributed by atoms with E-state index in [0.29, 0.717) is 23.7 Å². The second-order valence-corrected chi connectivity index (χ2v) is 8.88. The molecule has 0 unspecified atom stereocenters. The van der Waals surface area contributed by atoms with E-state index in [4.69, 9.17) is 4.74 Å². The molecule has 2 heterocycles. The molecule has 3 rings (SSSR count). The number of aliphatic hydroxyl groups is 1. The largest absolute Gasteiger partial charge is 0.389 e. The predicted molar refractivity (Wildman–Crippen MR) is 90.7 cm³/mol. The van der Waals surface area contributed by atoms with E-state index in [1.165, 1.54) is 31.3 Å². The zero-order valence-corrected chi connectivity index (χ0v) is 15.1. The molecule has 0 amide bonds. The van der Waals surface area contributed by atoms with Gasteiger partial charge >= 0.3 is 0 Å². The van der Waals surface area contributed by atoms with Crippen LogP contribution in [0.15, 0.2) is 11.6 Å². The average Bonchev–Trinajstić information content (AvgIpc) is 2.84. The zero-order chi connectivity index (χ0) is 16.1. The zero-order valence-electron chi connectivity index (χ0n) is 15.1. The van der Waals surface area contributed by atoms with Crippen molar-refractivity contribution in [2.24, 2.45) is 23.7 Å². The van der Waals surface area contributed by atoms with E-state index in [2.05, 4.69) is 40.7 Å². The molecule has 0 radical (unpaired) electrons. The molecule has 7 atom stereocenters. The van der Waals surface area contributed by atoms with Crippen LogP contribution in [0.2, 0.25) is 0 Å². The molecule has 0 saturated carbocycles. The Labute approximate surface area is 136 Å². The molecule has 2 fully saturated rings. The summed E-state index contributed by atoms with van der Waals surface area (Å²) in [6.07, 6.45) is 9.07. The Morgan fingerprint density at radius 1 is 1.32 bits per heavy atom. The number of allylic oxidation sites excluding steroid dienone is 1. The van der Waals surface area contributed by atoms with Gasteiger partial charge in [-0.2, -0.15) is 0 Å². The lowest BCUT2D eigenvalue weighted by molar-refractivity contribution is -0.0434. The van der Waals surface area contributed by atoms with Crippen molar-refractivity contribution in [1.29, 1.82) is 0 Å². The van der Waals surface area contributed by atoms with Crippen molar-refractivity contribution in [1.82, 2.24) is 0 Å². The van der Waals surface area contributed by atoms with Gasteiger partial charge in [-0.1, -0.05) is 25.5 Å². The van der Waals surface area contributed by atoms with E-state index in [9.17, 15) is 5.11 Å². The van der Waals surface area contributed by atoms with Crippen LogP contribution in [-0.4, -0.2) is 22.4 Å². The normalized spacial score (nSPS) is 49.3. The van der Waals surface area contributed by atoms with Crippen molar-refractivity contribution in [3.8, 4) is 0 Å². The molecule has 1 N–H and O–H groups in total. The average molecular weight is 306 g/mol. The molecule has 2 aliphatic heterocycles. The summed E-state index contributed by atoms with van der Waals surface area (Å²) in [6.45, 7) is 11.5. The first-order valence-corrected chi connectivity index (χ1v) is 9.31. The highest BCUT2D eigenvalue weighted by molar-refractivity contribution is 5.10. The fourth-order valence-electron chi connectivity index (χ4n) is 5.56. The van der Waals surface area contributed by atoms with E-state index in [0.717, 1.165) is 12.8 Å². The van der Waals surface area contributed by atoms with Gasteiger partial charge in [-0.3, -0.25) is 0 Å². The van der Waals surface area contributed by atoms with Crippen LogP contribution in [-0.2, 0) is 4.74 Å². The second kappa shape index (κ2) is 5.63. The molecule has 2 bridgehead atoms. The number of fused-ring (bicyclic) bond motifs is 2. The molecule has 2 heteroatoms. The highest BCUT2D eigenvalue weighted by Crippen LogP contribution is 2.58. The highest BCUT2D eigenvalue weighted by Gasteiger charge is 2.60. The van der Waals surface area contributed by atoms with Gasteiger partial charge in [0.2, 0.25) is 0 Å². The Morgan fingerprint density at radius 3 is 2.59 bits per heavy atom. The van der Waals surface area contributed by atoms with Crippen LogP contribution in [0, 0.1) is 23.7 Å². The number of hydrogen-bond donors (Lipinski definition) is 1. The molecule has 0 aromatic carbocycles. The third-order valence-corrected chi connectivity index (χ3v) is 7.37. The van der Waals surface area contributed by atoms with Gasteiger partial charge in [-0.15, -0.1) is 0 Å². The fraction of sp³-hybridized carbons (Fsp3) is 0.900.